The third-order valence-electron chi connectivity index (χ3n) is 8.63. The molecule has 0 aliphatic heterocycles. The van der Waals surface area contributed by atoms with Crippen LogP contribution in [-0.2, 0) is 0 Å². The summed E-state index contributed by atoms with van der Waals surface area (Å²) < 4.78 is 2.14. The van der Waals surface area contributed by atoms with E-state index in [1.165, 1.54) is 10.8 Å². The van der Waals surface area contributed by atoms with Gasteiger partial charge in [0.2, 0.25) is 0 Å². The van der Waals surface area contributed by atoms with Crippen molar-refractivity contribution in [3.05, 3.63) is 163 Å². The first-order valence-electron chi connectivity index (χ1n) is 15.1. The van der Waals surface area contributed by atoms with E-state index in [1.54, 1.807) is 12.1 Å². The van der Waals surface area contributed by atoms with Crippen molar-refractivity contribution in [2.24, 2.45) is 0 Å². The van der Waals surface area contributed by atoms with Crippen molar-refractivity contribution >= 4 is 44.0 Å². The van der Waals surface area contributed by atoms with Gasteiger partial charge in [-0.05, 0) is 82.1 Å². The summed E-state index contributed by atoms with van der Waals surface area (Å²) in [4.78, 5) is 0. The predicted octanol–water partition coefficient (Wildman–Crippen LogP) is 10.8. The second-order valence-electron chi connectivity index (χ2n) is 11.4. The van der Waals surface area contributed by atoms with Crippen molar-refractivity contribution in [2.75, 3.05) is 5.32 Å². The van der Waals surface area contributed by atoms with Gasteiger partial charge in [-0.3, -0.25) is 0 Å². The zero-order valence-electron chi connectivity index (χ0n) is 24.8. The van der Waals surface area contributed by atoms with Gasteiger partial charge < -0.3 is 9.88 Å². The monoisotopic (exact) mass is 586 g/mol. The molecule has 0 unspecified atom stereocenters. The Kier molecular flexibility index (Phi) is 6.53. The largest absolute Gasteiger partial charge is 0.355 e. The van der Waals surface area contributed by atoms with Crippen molar-refractivity contribution in [2.45, 2.75) is 0 Å². The number of fused-ring (bicyclic) bond motifs is 4. The molecule has 0 radical (unpaired) electrons. The smallest absolute Gasteiger partial charge is 0.101 e. The van der Waals surface area contributed by atoms with Gasteiger partial charge in [0.1, 0.15) is 6.07 Å². The lowest BCUT2D eigenvalue weighted by atomic mass is 9.96. The molecule has 4 heteroatoms. The minimum absolute atomic E-state index is 0.455. The molecule has 0 saturated carbocycles. The minimum atomic E-state index is 0.455. The number of rotatable bonds is 5. The molecule has 8 rings (SSSR count). The first-order chi connectivity index (χ1) is 22.7. The van der Waals surface area contributed by atoms with Crippen LogP contribution in [0.25, 0.3) is 60.5 Å². The highest BCUT2D eigenvalue weighted by atomic mass is 15.0. The van der Waals surface area contributed by atoms with Crippen molar-refractivity contribution in [1.29, 1.82) is 10.5 Å². The summed E-state index contributed by atoms with van der Waals surface area (Å²) in [6, 6.07) is 56.4. The van der Waals surface area contributed by atoms with Crippen LogP contribution in [0.5, 0.6) is 0 Å². The number of nitrogens with zero attached hydrogens (tertiary/aromatic N) is 3. The van der Waals surface area contributed by atoms with Crippen LogP contribution in [-0.4, -0.2) is 4.57 Å². The zero-order valence-corrected chi connectivity index (χ0v) is 24.8. The summed E-state index contributed by atoms with van der Waals surface area (Å²) in [6.07, 6.45) is 0. The van der Waals surface area contributed by atoms with Crippen molar-refractivity contribution in [1.82, 2.24) is 4.57 Å². The van der Waals surface area contributed by atoms with E-state index in [-0.39, 0.29) is 0 Å². The van der Waals surface area contributed by atoms with E-state index in [2.05, 4.69) is 137 Å². The zero-order chi connectivity index (χ0) is 31.0. The third kappa shape index (κ3) is 4.63. The van der Waals surface area contributed by atoms with Gasteiger partial charge in [0.15, 0.2) is 0 Å². The SMILES string of the molecule is N#Cc1ccc(-n2c3ccccc3c3ccc(-c4cc(-c5ccccc5)ccc4Nc4ccc5ccccc5c4)cc32)c(C#N)c1. The van der Waals surface area contributed by atoms with Gasteiger partial charge in [0.25, 0.3) is 0 Å². The Hall–Kier alpha value is -6.62. The molecule has 0 amide bonds. The molecule has 0 aliphatic rings. The fraction of sp³-hybridized carbons (Fsp3) is 0. The fourth-order valence-corrected chi connectivity index (χ4v) is 6.41. The number of para-hydroxylation sites is 1. The second kappa shape index (κ2) is 11.1. The molecule has 4 nitrogen and oxygen atoms in total. The number of aromatic nitrogens is 1. The van der Waals surface area contributed by atoms with E-state index in [0.29, 0.717) is 11.1 Å². The highest BCUT2D eigenvalue weighted by molar-refractivity contribution is 6.10. The summed E-state index contributed by atoms with van der Waals surface area (Å²) in [5.74, 6) is 0. The van der Waals surface area contributed by atoms with E-state index in [0.717, 1.165) is 61.1 Å². The fourth-order valence-electron chi connectivity index (χ4n) is 6.41. The summed E-state index contributed by atoms with van der Waals surface area (Å²) in [5, 5.41) is 27.9. The highest BCUT2D eigenvalue weighted by Crippen LogP contribution is 2.39. The molecule has 0 spiro atoms. The quantitative estimate of drug-likeness (QED) is 0.218. The Bertz CT molecular complexity index is 2530. The Morgan fingerprint density at radius 2 is 1.26 bits per heavy atom. The van der Waals surface area contributed by atoms with Crippen molar-refractivity contribution < 1.29 is 0 Å². The van der Waals surface area contributed by atoms with Crippen LogP contribution < -0.4 is 5.32 Å². The first kappa shape index (κ1) is 27.0. The van der Waals surface area contributed by atoms with E-state index >= 15 is 0 Å². The van der Waals surface area contributed by atoms with Crippen LogP contribution in [0.3, 0.4) is 0 Å². The highest BCUT2D eigenvalue weighted by Gasteiger charge is 2.17. The lowest BCUT2D eigenvalue weighted by Gasteiger charge is -2.16. The van der Waals surface area contributed by atoms with Gasteiger partial charge >= 0.3 is 0 Å². The Morgan fingerprint density at radius 3 is 2.11 bits per heavy atom. The molecular weight excluding hydrogens is 560 g/mol. The molecule has 0 bridgehead atoms. The molecule has 0 atom stereocenters. The number of hydrogen-bond acceptors (Lipinski definition) is 3. The molecule has 0 saturated heterocycles. The average Bonchev–Trinajstić information content (AvgIpc) is 3.45. The molecule has 7 aromatic carbocycles. The number of nitriles is 2. The summed E-state index contributed by atoms with van der Waals surface area (Å²) >= 11 is 0. The molecular formula is C42H26N4. The van der Waals surface area contributed by atoms with Crippen LogP contribution in [0, 0.1) is 22.7 Å². The van der Waals surface area contributed by atoms with E-state index in [9.17, 15) is 10.5 Å². The first-order valence-corrected chi connectivity index (χ1v) is 15.1. The summed E-state index contributed by atoms with van der Waals surface area (Å²) in [6.45, 7) is 0. The van der Waals surface area contributed by atoms with Gasteiger partial charge in [0, 0.05) is 27.7 Å². The average molecular weight is 587 g/mol. The van der Waals surface area contributed by atoms with Crippen LogP contribution in [0.15, 0.2) is 152 Å². The minimum Gasteiger partial charge on any atom is -0.355 e. The summed E-state index contributed by atoms with van der Waals surface area (Å²) in [7, 11) is 0. The van der Waals surface area contributed by atoms with Crippen LogP contribution in [0.4, 0.5) is 11.4 Å². The second-order valence-corrected chi connectivity index (χ2v) is 11.4. The van der Waals surface area contributed by atoms with Crippen LogP contribution in [0.1, 0.15) is 11.1 Å². The molecule has 46 heavy (non-hydrogen) atoms. The maximum Gasteiger partial charge on any atom is 0.101 e. The van der Waals surface area contributed by atoms with Crippen molar-refractivity contribution in [3.8, 4) is 40.1 Å². The van der Waals surface area contributed by atoms with Crippen LogP contribution in [0.2, 0.25) is 0 Å². The van der Waals surface area contributed by atoms with Gasteiger partial charge in [-0.2, -0.15) is 10.5 Å². The number of hydrogen-bond donors (Lipinski definition) is 1. The molecule has 0 fully saturated rings. The number of anilines is 2. The maximum atomic E-state index is 10.1. The molecule has 1 N–H and O–H groups in total. The van der Waals surface area contributed by atoms with Gasteiger partial charge in [-0.25, -0.2) is 0 Å². The normalized spacial score (nSPS) is 11.0. The lowest BCUT2D eigenvalue weighted by molar-refractivity contribution is 1.17. The Balaban J connectivity index is 1.35. The van der Waals surface area contributed by atoms with Crippen LogP contribution >= 0.6 is 0 Å². The van der Waals surface area contributed by atoms with Gasteiger partial charge in [0.05, 0.1) is 33.9 Å². The van der Waals surface area contributed by atoms with Gasteiger partial charge in [-0.1, -0.05) is 97.1 Å². The molecule has 1 heterocycles. The standard InChI is InChI=1S/C42H26N4/c43-26-28-14-21-40(34(22-28)27-44)46-41-13-7-6-12-36(41)37-19-16-33(25-42(37)46)38-24-32(29-8-2-1-3-9-29)17-20-39(38)45-35-18-15-30-10-4-5-11-31(30)23-35/h1-25,45H. The van der Waals surface area contributed by atoms with E-state index in [1.807, 2.05) is 24.3 Å². The molecule has 1 aromatic heterocycles. The number of nitrogens with one attached hydrogen (secondary N) is 1. The lowest BCUT2D eigenvalue weighted by Crippen LogP contribution is -1.99. The van der Waals surface area contributed by atoms with Gasteiger partial charge in [-0.15, -0.1) is 0 Å². The van der Waals surface area contributed by atoms with E-state index < -0.39 is 0 Å². The Labute approximate surface area is 266 Å². The third-order valence-corrected chi connectivity index (χ3v) is 8.63. The topological polar surface area (TPSA) is 64.5 Å². The predicted molar refractivity (Wildman–Crippen MR) is 188 cm³/mol. The number of benzene rings is 7. The molecule has 0 aliphatic carbocycles. The Morgan fingerprint density at radius 1 is 0.500 bits per heavy atom. The summed E-state index contributed by atoms with van der Waals surface area (Å²) in [5.41, 5.74) is 10.0. The van der Waals surface area contributed by atoms with E-state index in [4.69, 9.17) is 0 Å². The van der Waals surface area contributed by atoms with Crippen molar-refractivity contribution in [3.63, 3.8) is 0 Å². The molecule has 8 aromatic rings. The maximum absolute atomic E-state index is 10.1. The molecule has 214 valence electrons.